The maximum absolute atomic E-state index is 10.6. The summed E-state index contributed by atoms with van der Waals surface area (Å²) in [4.78, 5) is 21.7. The molecule has 72 valence electrons. The zero-order valence-corrected chi connectivity index (χ0v) is 6.80. The first kappa shape index (κ1) is 8.31. The van der Waals surface area contributed by atoms with Crippen LogP contribution in [0.15, 0.2) is 0 Å². The molecule has 2 rings (SSSR count). The number of carbonyl (C=O) groups is 2. The molecule has 0 aromatic carbocycles. The van der Waals surface area contributed by atoms with Crippen LogP contribution in [-0.2, 0) is 0 Å². The molecule has 1 saturated heterocycles. The zero-order chi connectivity index (χ0) is 9.59. The topological polar surface area (TPSA) is 89.9 Å². The van der Waals surface area contributed by atoms with E-state index >= 15 is 0 Å². The maximum atomic E-state index is 10.6. The largest absolute Gasteiger partial charge is 0.465 e. The predicted molar refractivity (Wildman–Crippen MR) is 41.5 cm³/mol. The lowest BCUT2D eigenvalue weighted by Gasteiger charge is -2.15. The molecule has 1 heterocycles. The quantitative estimate of drug-likeness (QED) is 0.530. The Kier molecular flexibility index (Phi) is 1.66. The minimum Gasteiger partial charge on any atom is -0.465 e. The average Bonchev–Trinajstić information content (AvgIpc) is 2.53. The van der Waals surface area contributed by atoms with Crippen molar-refractivity contribution >= 4 is 12.2 Å². The minimum absolute atomic E-state index is 0.201. The molecule has 3 atom stereocenters. The molecule has 0 aromatic heterocycles. The molecule has 6 nitrogen and oxygen atoms in total. The summed E-state index contributed by atoms with van der Waals surface area (Å²) in [5, 5.41) is 20.3. The lowest BCUT2D eigenvalue weighted by molar-refractivity contribution is 0.116. The second-order valence-electron chi connectivity index (χ2n) is 3.41. The van der Waals surface area contributed by atoms with Crippen molar-refractivity contribution < 1.29 is 19.8 Å². The van der Waals surface area contributed by atoms with Crippen molar-refractivity contribution in [1.29, 1.82) is 0 Å². The summed E-state index contributed by atoms with van der Waals surface area (Å²) in [6.45, 7) is 1.46. The second kappa shape index (κ2) is 2.59. The first-order chi connectivity index (χ1) is 6.13. The van der Waals surface area contributed by atoms with E-state index in [1.54, 1.807) is 0 Å². The summed E-state index contributed by atoms with van der Waals surface area (Å²) in [5.41, 5.74) is 0. The molecule has 3 N–H and O–H groups in total. The summed E-state index contributed by atoms with van der Waals surface area (Å²) in [5.74, 6) is 0.402. The van der Waals surface area contributed by atoms with Crippen molar-refractivity contribution in [2.24, 2.45) is 11.8 Å². The fraction of sp³-hybridized carbons (Fsp3) is 0.714. The van der Waals surface area contributed by atoms with Gasteiger partial charge in [-0.25, -0.2) is 14.5 Å². The van der Waals surface area contributed by atoms with Crippen molar-refractivity contribution in [2.45, 2.75) is 6.04 Å². The monoisotopic (exact) mass is 186 g/mol. The number of piperidine rings is 1. The van der Waals surface area contributed by atoms with Crippen LogP contribution >= 0.6 is 0 Å². The van der Waals surface area contributed by atoms with Gasteiger partial charge in [0.2, 0.25) is 0 Å². The van der Waals surface area contributed by atoms with Crippen LogP contribution in [0.3, 0.4) is 0 Å². The number of nitrogens with one attached hydrogen (secondary N) is 1. The molecule has 0 aromatic rings. The van der Waals surface area contributed by atoms with Gasteiger partial charge in [-0.05, 0) is 11.8 Å². The Morgan fingerprint density at radius 1 is 1.15 bits per heavy atom. The zero-order valence-electron chi connectivity index (χ0n) is 6.80. The maximum Gasteiger partial charge on any atom is 0.417 e. The van der Waals surface area contributed by atoms with E-state index in [0.717, 1.165) is 13.1 Å². The smallest absolute Gasteiger partial charge is 0.417 e. The van der Waals surface area contributed by atoms with E-state index in [1.807, 2.05) is 0 Å². The Hall–Kier alpha value is -1.30. The van der Waals surface area contributed by atoms with Crippen LogP contribution in [0.1, 0.15) is 0 Å². The van der Waals surface area contributed by atoms with Gasteiger partial charge in [0.15, 0.2) is 0 Å². The highest BCUT2D eigenvalue weighted by molar-refractivity contribution is 5.86. The Balaban J connectivity index is 2.06. The molecule has 2 amide bonds. The number of imide groups is 1. The van der Waals surface area contributed by atoms with Gasteiger partial charge in [0.1, 0.15) is 0 Å². The van der Waals surface area contributed by atoms with Gasteiger partial charge in [-0.1, -0.05) is 0 Å². The molecule has 0 radical (unpaired) electrons. The Labute approximate surface area is 74.1 Å². The fourth-order valence-corrected chi connectivity index (χ4v) is 2.11. The van der Waals surface area contributed by atoms with E-state index in [0.29, 0.717) is 4.90 Å². The molecule has 0 spiro atoms. The third-order valence-corrected chi connectivity index (χ3v) is 2.76. The van der Waals surface area contributed by atoms with Gasteiger partial charge in [-0.3, -0.25) is 0 Å². The SMILES string of the molecule is O=C(O)N(C(=O)O)[C@H]1[C@@H]2CNC[C@@H]21. The summed E-state index contributed by atoms with van der Waals surface area (Å²) in [6.07, 6.45) is -2.74. The standard InChI is InChI=1S/C7H10N2O4/c10-6(11)9(7(12)13)5-3-1-8-2-4(3)5/h3-5,8H,1-2H2,(H,10,11)(H,12,13)/t3-,4+,5+. The summed E-state index contributed by atoms with van der Waals surface area (Å²) in [7, 11) is 0. The van der Waals surface area contributed by atoms with E-state index in [2.05, 4.69) is 5.32 Å². The number of hydrogen-bond acceptors (Lipinski definition) is 3. The van der Waals surface area contributed by atoms with E-state index in [1.165, 1.54) is 0 Å². The van der Waals surface area contributed by atoms with Crippen LogP contribution in [0.2, 0.25) is 0 Å². The molecule has 1 saturated carbocycles. The Bertz CT molecular complexity index is 243. The molecule has 13 heavy (non-hydrogen) atoms. The summed E-state index contributed by atoms with van der Waals surface area (Å²) in [6, 6.07) is -0.309. The predicted octanol–water partition coefficient (Wildman–Crippen LogP) is -0.138. The molecule has 0 bridgehead atoms. The van der Waals surface area contributed by atoms with Crippen molar-refractivity contribution in [3.63, 3.8) is 0 Å². The molecule has 0 unspecified atom stereocenters. The van der Waals surface area contributed by atoms with Crippen LogP contribution in [0.25, 0.3) is 0 Å². The Morgan fingerprint density at radius 3 is 2.00 bits per heavy atom. The highest BCUT2D eigenvalue weighted by Gasteiger charge is 2.59. The van der Waals surface area contributed by atoms with E-state index in [-0.39, 0.29) is 17.9 Å². The van der Waals surface area contributed by atoms with E-state index in [4.69, 9.17) is 10.2 Å². The lowest BCUT2D eigenvalue weighted by atomic mass is 10.4. The highest BCUT2D eigenvalue weighted by atomic mass is 16.4. The van der Waals surface area contributed by atoms with E-state index in [9.17, 15) is 9.59 Å². The van der Waals surface area contributed by atoms with Crippen molar-refractivity contribution in [1.82, 2.24) is 10.2 Å². The lowest BCUT2D eigenvalue weighted by Crippen LogP contribution is -2.40. The van der Waals surface area contributed by atoms with Gasteiger partial charge in [0.05, 0.1) is 6.04 Å². The van der Waals surface area contributed by atoms with E-state index < -0.39 is 12.2 Å². The van der Waals surface area contributed by atoms with Gasteiger partial charge in [0.25, 0.3) is 0 Å². The first-order valence-electron chi connectivity index (χ1n) is 4.08. The summed E-state index contributed by atoms with van der Waals surface area (Å²) >= 11 is 0. The van der Waals surface area contributed by atoms with Gasteiger partial charge in [-0.15, -0.1) is 0 Å². The van der Waals surface area contributed by atoms with Crippen LogP contribution in [0.4, 0.5) is 9.59 Å². The Morgan fingerprint density at radius 2 is 1.62 bits per heavy atom. The number of rotatable bonds is 1. The highest BCUT2D eigenvalue weighted by Crippen LogP contribution is 2.45. The third-order valence-electron chi connectivity index (χ3n) is 2.76. The van der Waals surface area contributed by atoms with Gasteiger partial charge in [-0.2, -0.15) is 0 Å². The molecular weight excluding hydrogens is 176 g/mol. The number of amides is 2. The normalized spacial score (nSPS) is 35.2. The van der Waals surface area contributed by atoms with Gasteiger partial charge < -0.3 is 15.5 Å². The number of nitrogens with zero attached hydrogens (tertiary/aromatic N) is 1. The molecule has 1 aliphatic carbocycles. The third kappa shape index (κ3) is 1.14. The molecule has 1 aliphatic heterocycles. The van der Waals surface area contributed by atoms with Crippen LogP contribution in [0, 0.1) is 11.8 Å². The average molecular weight is 186 g/mol. The van der Waals surface area contributed by atoms with Crippen LogP contribution in [-0.4, -0.2) is 46.4 Å². The number of hydrogen-bond donors (Lipinski definition) is 3. The summed E-state index contributed by atoms with van der Waals surface area (Å²) < 4.78 is 0. The van der Waals surface area contributed by atoms with Crippen LogP contribution in [0.5, 0.6) is 0 Å². The van der Waals surface area contributed by atoms with Crippen LogP contribution < -0.4 is 5.32 Å². The van der Waals surface area contributed by atoms with Gasteiger partial charge in [0, 0.05) is 13.1 Å². The minimum atomic E-state index is -1.37. The number of carboxylic acid groups (broad SMARTS) is 2. The van der Waals surface area contributed by atoms with Crippen molar-refractivity contribution in [3.05, 3.63) is 0 Å². The fourth-order valence-electron chi connectivity index (χ4n) is 2.11. The van der Waals surface area contributed by atoms with Crippen molar-refractivity contribution in [2.75, 3.05) is 13.1 Å². The first-order valence-corrected chi connectivity index (χ1v) is 4.08. The molecule has 2 aliphatic rings. The van der Waals surface area contributed by atoms with Crippen molar-refractivity contribution in [3.8, 4) is 0 Å². The number of fused-ring (bicyclic) bond motifs is 1. The van der Waals surface area contributed by atoms with Gasteiger partial charge >= 0.3 is 12.2 Å². The molecule has 2 fully saturated rings. The molecular formula is C7H10N2O4. The molecule has 6 heteroatoms. The second-order valence-corrected chi connectivity index (χ2v) is 3.41.